The fourth-order valence-corrected chi connectivity index (χ4v) is 2.35. The Morgan fingerprint density at radius 3 is 2.73 bits per heavy atom. The first-order chi connectivity index (χ1) is 7.31. The minimum Gasteiger partial charge on any atom is -0.306 e. The summed E-state index contributed by atoms with van der Waals surface area (Å²) >= 11 is 0. The van der Waals surface area contributed by atoms with Gasteiger partial charge in [0.1, 0.15) is 6.29 Å². The molecule has 2 heteroatoms. The Hall–Kier alpha value is -1.15. The van der Waals surface area contributed by atoms with Gasteiger partial charge in [-0.15, -0.1) is 0 Å². The van der Waals surface area contributed by atoms with Crippen molar-refractivity contribution in [1.82, 2.24) is 4.90 Å². The Labute approximate surface area is 90.9 Å². The predicted molar refractivity (Wildman–Crippen MR) is 60.9 cm³/mol. The zero-order valence-electron chi connectivity index (χ0n) is 9.10. The van der Waals surface area contributed by atoms with Crippen molar-refractivity contribution in [2.24, 2.45) is 5.92 Å². The highest BCUT2D eigenvalue weighted by atomic mass is 16.1. The highest BCUT2D eigenvalue weighted by Crippen LogP contribution is 2.30. The number of likely N-dealkylation sites (N-methyl/N-ethyl adjacent to an activating group) is 1. The van der Waals surface area contributed by atoms with Crippen molar-refractivity contribution in [2.45, 2.75) is 12.3 Å². The maximum atomic E-state index is 11.0. The third kappa shape index (κ3) is 2.26. The van der Waals surface area contributed by atoms with Crippen LogP contribution in [0.25, 0.3) is 0 Å². The second-order valence-electron chi connectivity index (χ2n) is 4.37. The van der Waals surface area contributed by atoms with Gasteiger partial charge in [0.2, 0.25) is 0 Å². The normalized spacial score (nSPS) is 27.5. The van der Waals surface area contributed by atoms with Crippen LogP contribution in [0.5, 0.6) is 0 Å². The van der Waals surface area contributed by atoms with Crippen LogP contribution in [0.3, 0.4) is 0 Å². The van der Waals surface area contributed by atoms with E-state index < -0.39 is 0 Å². The second kappa shape index (κ2) is 4.58. The van der Waals surface area contributed by atoms with E-state index in [1.807, 2.05) is 18.2 Å². The smallest absolute Gasteiger partial charge is 0.123 e. The molecule has 0 spiro atoms. The molecule has 15 heavy (non-hydrogen) atoms. The molecular weight excluding hydrogens is 186 g/mol. The van der Waals surface area contributed by atoms with Crippen molar-refractivity contribution in [3.63, 3.8) is 0 Å². The number of aldehydes is 1. The fourth-order valence-electron chi connectivity index (χ4n) is 2.35. The minimum atomic E-state index is 0.198. The standard InChI is InChI=1S/C13H17NO/c1-14-8-7-12(10-15)13(9-14)11-5-3-2-4-6-11/h2-6,10,12-13H,7-9H2,1H3. The van der Waals surface area contributed by atoms with E-state index in [0.717, 1.165) is 25.8 Å². The number of likely N-dealkylation sites (tertiary alicyclic amines) is 1. The molecule has 0 aromatic heterocycles. The molecule has 0 amide bonds. The molecule has 1 aliphatic rings. The van der Waals surface area contributed by atoms with Gasteiger partial charge in [0.15, 0.2) is 0 Å². The molecular formula is C13H17NO. The molecule has 0 bridgehead atoms. The van der Waals surface area contributed by atoms with Crippen LogP contribution in [-0.2, 0) is 4.79 Å². The Kier molecular flexibility index (Phi) is 3.17. The first-order valence-electron chi connectivity index (χ1n) is 5.50. The molecule has 80 valence electrons. The Balaban J connectivity index is 2.20. The Morgan fingerprint density at radius 2 is 2.07 bits per heavy atom. The summed E-state index contributed by atoms with van der Waals surface area (Å²) in [6.07, 6.45) is 2.12. The van der Waals surface area contributed by atoms with Crippen molar-refractivity contribution in [1.29, 1.82) is 0 Å². The average molecular weight is 203 g/mol. The highest BCUT2D eigenvalue weighted by Gasteiger charge is 2.28. The summed E-state index contributed by atoms with van der Waals surface area (Å²) in [5.74, 6) is 0.575. The zero-order valence-corrected chi connectivity index (χ0v) is 9.10. The lowest BCUT2D eigenvalue weighted by molar-refractivity contribution is -0.112. The van der Waals surface area contributed by atoms with E-state index in [0.29, 0.717) is 5.92 Å². The molecule has 0 aliphatic carbocycles. The maximum absolute atomic E-state index is 11.0. The van der Waals surface area contributed by atoms with Crippen molar-refractivity contribution < 1.29 is 4.79 Å². The van der Waals surface area contributed by atoms with E-state index >= 15 is 0 Å². The number of carbonyl (C=O) groups excluding carboxylic acids is 1. The lowest BCUT2D eigenvalue weighted by Crippen LogP contribution is -2.37. The summed E-state index contributed by atoms with van der Waals surface area (Å²) in [5.41, 5.74) is 1.29. The molecule has 2 nitrogen and oxygen atoms in total. The van der Waals surface area contributed by atoms with Gasteiger partial charge in [-0.25, -0.2) is 0 Å². The van der Waals surface area contributed by atoms with Crippen LogP contribution in [0.4, 0.5) is 0 Å². The molecule has 1 saturated heterocycles. The summed E-state index contributed by atoms with van der Waals surface area (Å²) in [6.45, 7) is 2.03. The van der Waals surface area contributed by atoms with E-state index in [9.17, 15) is 4.79 Å². The summed E-state index contributed by atoms with van der Waals surface area (Å²) in [4.78, 5) is 13.3. The van der Waals surface area contributed by atoms with Gasteiger partial charge in [0.05, 0.1) is 0 Å². The maximum Gasteiger partial charge on any atom is 0.123 e. The van der Waals surface area contributed by atoms with Gasteiger partial charge in [-0.05, 0) is 25.6 Å². The van der Waals surface area contributed by atoms with Crippen LogP contribution >= 0.6 is 0 Å². The molecule has 1 aliphatic heterocycles. The Bertz CT molecular complexity index is 323. The van der Waals surface area contributed by atoms with Gasteiger partial charge in [-0.2, -0.15) is 0 Å². The third-order valence-corrected chi connectivity index (χ3v) is 3.27. The number of rotatable bonds is 2. The monoisotopic (exact) mass is 203 g/mol. The molecule has 1 fully saturated rings. The van der Waals surface area contributed by atoms with Crippen LogP contribution in [0, 0.1) is 5.92 Å². The zero-order chi connectivity index (χ0) is 10.7. The van der Waals surface area contributed by atoms with Crippen LogP contribution in [-0.4, -0.2) is 31.3 Å². The van der Waals surface area contributed by atoms with E-state index in [1.54, 1.807) is 0 Å². The fraction of sp³-hybridized carbons (Fsp3) is 0.462. The van der Waals surface area contributed by atoms with E-state index in [1.165, 1.54) is 5.56 Å². The summed E-state index contributed by atoms with van der Waals surface area (Å²) in [5, 5.41) is 0. The van der Waals surface area contributed by atoms with Gasteiger partial charge in [-0.3, -0.25) is 0 Å². The van der Waals surface area contributed by atoms with Gasteiger partial charge in [-0.1, -0.05) is 30.3 Å². The molecule has 0 N–H and O–H groups in total. The SMILES string of the molecule is CN1CCC(C=O)C(c2ccccc2)C1. The molecule has 1 aromatic carbocycles. The van der Waals surface area contributed by atoms with Crippen molar-refractivity contribution in [3.8, 4) is 0 Å². The second-order valence-corrected chi connectivity index (χ2v) is 4.37. The van der Waals surface area contributed by atoms with E-state index in [-0.39, 0.29) is 5.92 Å². The molecule has 0 radical (unpaired) electrons. The van der Waals surface area contributed by atoms with Gasteiger partial charge in [0.25, 0.3) is 0 Å². The van der Waals surface area contributed by atoms with Crippen molar-refractivity contribution in [2.75, 3.05) is 20.1 Å². The van der Waals surface area contributed by atoms with E-state index in [2.05, 4.69) is 24.1 Å². The highest BCUT2D eigenvalue weighted by molar-refractivity contribution is 5.56. The molecule has 0 saturated carbocycles. The van der Waals surface area contributed by atoms with Crippen LogP contribution in [0.2, 0.25) is 0 Å². The molecule has 2 atom stereocenters. The molecule has 2 rings (SSSR count). The number of nitrogens with zero attached hydrogens (tertiary/aromatic N) is 1. The van der Waals surface area contributed by atoms with Crippen molar-refractivity contribution in [3.05, 3.63) is 35.9 Å². The summed E-state index contributed by atoms with van der Waals surface area (Å²) < 4.78 is 0. The largest absolute Gasteiger partial charge is 0.306 e. The number of hydrogen-bond donors (Lipinski definition) is 0. The first kappa shape index (κ1) is 10.4. The number of hydrogen-bond acceptors (Lipinski definition) is 2. The number of carbonyl (C=O) groups is 1. The predicted octanol–water partition coefficient (Wildman–Crippen LogP) is 1.92. The summed E-state index contributed by atoms with van der Waals surface area (Å²) in [6, 6.07) is 10.4. The lowest BCUT2D eigenvalue weighted by atomic mass is 9.82. The third-order valence-electron chi connectivity index (χ3n) is 3.27. The van der Waals surface area contributed by atoms with Gasteiger partial charge < -0.3 is 9.69 Å². The average Bonchev–Trinajstić information content (AvgIpc) is 2.30. The summed E-state index contributed by atoms with van der Waals surface area (Å²) in [7, 11) is 2.12. The number of benzene rings is 1. The first-order valence-corrected chi connectivity index (χ1v) is 5.50. The van der Waals surface area contributed by atoms with Gasteiger partial charge >= 0.3 is 0 Å². The van der Waals surface area contributed by atoms with Crippen LogP contribution in [0.15, 0.2) is 30.3 Å². The van der Waals surface area contributed by atoms with Crippen molar-refractivity contribution >= 4 is 6.29 Å². The lowest BCUT2D eigenvalue weighted by Gasteiger charge is -2.34. The minimum absolute atomic E-state index is 0.198. The molecule has 1 aromatic rings. The van der Waals surface area contributed by atoms with E-state index in [4.69, 9.17) is 0 Å². The number of piperidine rings is 1. The van der Waals surface area contributed by atoms with Gasteiger partial charge in [0, 0.05) is 18.4 Å². The molecule has 2 unspecified atom stereocenters. The van der Waals surface area contributed by atoms with Crippen LogP contribution in [0.1, 0.15) is 17.9 Å². The topological polar surface area (TPSA) is 20.3 Å². The van der Waals surface area contributed by atoms with Crippen LogP contribution < -0.4 is 0 Å². The molecule has 1 heterocycles. The quantitative estimate of drug-likeness (QED) is 0.684. The Morgan fingerprint density at radius 1 is 1.33 bits per heavy atom.